The standard InChI is InChI=1S/C9H10F3N3O2/c10-9(11,12)2-1-3-14-7-6(8(16)17)13-4-5-15-7/h4-5H,1-3H2,(H,14,15)(H,16,17). The summed E-state index contributed by atoms with van der Waals surface area (Å²) in [5.41, 5.74) is -0.306. The lowest BCUT2D eigenvalue weighted by atomic mass is 10.3. The van der Waals surface area contributed by atoms with Crippen molar-refractivity contribution in [1.82, 2.24) is 9.97 Å². The van der Waals surface area contributed by atoms with E-state index in [9.17, 15) is 18.0 Å². The van der Waals surface area contributed by atoms with Crippen molar-refractivity contribution in [1.29, 1.82) is 0 Å². The van der Waals surface area contributed by atoms with Gasteiger partial charge in [-0.05, 0) is 6.42 Å². The lowest BCUT2D eigenvalue weighted by molar-refractivity contribution is -0.134. The Bertz CT molecular complexity index is 395. The van der Waals surface area contributed by atoms with Gasteiger partial charge in [0.15, 0.2) is 11.5 Å². The summed E-state index contributed by atoms with van der Waals surface area (Å²) in [5, 5.41) is 11.2. The molecule has 17 heavy (non-hydrogen) atoms. The fourth-order valence-corrected chi connectivity index (χ4v) is 1.12. The molecule has 0 aromatic carbocycles. The number of alkyl halides is 3. The SMILES string of the molecule is O=C(O)c1nccnc1NCCCC(F)(F)F. The van der Waals surface area contributed by atoms with Gasteiger partial charge < -0.3 is 10.4 Å². The molecular formula is C9H10F3N3O2. The molecule has 0 spiro atoms. The Labute approximate surface area is 94.7 Å². The summed E-state index contributed by atoms with van der Waals surface area (Å²) < 4.78 is 35.5. The van der Waals surface area contributed by atoms with Crippen molar-refractivity contribution in [2.75, 3.05) is 11.9 Å². The summed E-state index contributed by atoms with van der Waals surface area (Å²) in [6, 6.07) is 0. The van der Waals surface area contributed by atoms with E-state index in [2.05, 4.69) is 15.3 Å². The number of hydrogen-bond donors (Lipinski definition) is 2. The van der Waals surface area contributed by atoms with Gasteiger partial charge in [-0.3, -0.25) is 0 Å². The lowest BCUT2D eigenvalue weighted by Crippen LogP contribution is -2.14. The number of nitrogens with zero attached hydrogens (tertiary/aromatic N) is 2. The molecule has 0 saturated heterocycles. The minimum absolute atomic E-state index is 0.0154. The maximum atomic E-state index is 11.8. The minimum Gasteiger partial charge on any atom is -0.476 e. The highest BCUT2D eigenvalue weighted by Crippen LogP contribution is 2.21. The first-order chi connectivity index (χ1) is 7.90. The molecular weight excluding hydrogens is 239 g/mol. The van der Waals surface area contributed by atoms with Crippen molar-refractivity contribution in [3.8, 4) is 0 Å². The number of nitrogens with one attached hydrogen (secondary N) is 1. The maximum Gasteiger partial charge on any atom is 0.389 e. The Balaban J connectivity index is 2.49. The van der Waals surface area contributed by atoms with Gasteiger partial charge in [0.1, 0.15) is 0 Å². The van der Waals surface area contributed by atoms with Crippen molar-refractivity contribution in [3.63, 3.8) is 0 Å². The molecule has 94 valence electrons. The molecule has 2 N–H and O–H groups in total. The van der Waals surface area contributed by atoms with Crippen LogP contribution in [0.4, 0.5) is 19.0 Å². The van der Waals surface area contributed by atoms with Crippen molar-refractivity contribution in [2.24, 2.45) is 0 Å². The molecule has 0 atom stereocenters. The van der Waals surface area contributed by atoms with Crippen molar-refractivity contribution < 1.29 is 23.1 Å². The molecule has 0 aliphatic rings. The van der Waals surface area contributed by atoms with E-state index >= 15 is 0 Å². The van der Waals surface area contributed by atoms with E-state index < -0.39 is 18.6 Å². The predicted octanol–water partition coefficient (Wildman–Crippen LogP) is 1.93. The molecule has 1 aromatic heterocycles. The molecule has 5 nitrogen and oxygen atoms in total. The molecule has 1 aromatic rings. The van der Waals surface area contributed by atoms with Gasteiger partial charge in [0, 0.05) is 25.4 Å². The number of carboxylic acids is 1. The molecule has 0 aliphatic carbocycles. The first kappa shape index (κ1) is 13.2. The summed E-state index contributed by atoms with van der Waals surface area (Å²) in [6.45, 7) is -0.0154. The van der Waals surface area contributed by atoms with Crippen LogP contribution >= 0.6 is 0 Å². The zero-order chi connectivity index (χ0) is 12.9. The number of carboxylic acid groups (broad SMARTS) is 1. The van der Waals surface area contributed by atoms with Crippen LogP contribution in [0.1, 0.15) is 23.3 Å². The first-order valence-electron chi connectivity index (χ1n) is 4.75. The predicted molar refractivity (Wildman–Crippen MR) is 52.8 cm³/mol. The van der Waals surface area contributed by atoms with E-state index in [0.717, 1.165) is 0 Å². The van der Waals surface area contributed by atoms with Gasteiger partial charge in [0.05, 0.1) is 0 Å². The van der Waals surface area contributed by atoms with Crippen LogP contribution in [-0.4, -0.2) is 33.8 Å². The third-order valence-corrected chi connectivity index (χ3v) is 1.83. The highest BCUT2D eigenvalue weighted by atomic mass is 19.4. The van der Waals surface area contributed by atoms with Crippen molar-refractivity contribution in [3.05, 3.63) is 18.1 Å². The van der Waals surface area contributed by atoms with Gasteiger partial charge >= 0.3 is 12.1 Å². The third kappa shape index (κ3) is 4.66. The van der Waals surface area contributed by atoms with Crippen LogP contribution < -0.4 is 5.32 Å². The monoisotopic (exact) mass is 249 g/mol. The van der Waals surface area contributed by atoms with Crippen molar-refractivity contribution in [2.45, 2.75) is 19.0 Å². The van der Waals surface area contributed by atoms with Crippen LogP contribution in [0.5, 0.6) is 0 Å². The molecule has 0 saturated carbocycles. The van der Waals surface area contributed by atoms with Gasteiger partial charge in [-0.1, -0.05) is 0 Å². The lowest BCUT2D eigenvalue weighted by Gasteiger charge is -2.08. The number of carbonyl (C=O) groups is 1. The zero-order valence-corrected chi connectivity index (χ0v) is 8.66. The summed E-state index contributed by atoms with van der Waals surface area (Å²) in [7, 11) is 0. The zero-order valence-electron chi connectivity index (χ0n) is 8.66. The first-order valence-corrected chi connectivity index (χ1v) is 4.75. The number of aromatic nitrogens is 2. The molecule has 0 fully saturated rings. The van der Waals surface area contributed by atoms with Crippen LogP contribution in [0.15, 0.2) is 12.4 Å². The Morgan fingerprint density at radius 2 is 2.00 bits per heavy atom. The molecule has 0 bridgehead atoms. The second-order valence-electron chi connectivity index (χ2n) is 3.20. The smallest absolute Gasteiger partial charge is 0.389 e. The maximum absolute atomic E-state index is 11.8. The van der Waals surface area contributed by atoms with Crippen LogP contribution in [0.3, 0.4) is 0 Å². The minimum atomic E-state index is -4.21. The average molecular weight is 249 g/mol. The van der Waals surface area contributed by atoms with Crippen LogP contribution in [0.2, 0.25) is 0 Å². The molecule has 0 aliphatic heterocycles. The Morgan fingerprint density at radius 3 is 2.59 bits per heavy atom. The normalized spacial score (nSPS) is 11.2. The fraction of sp³-hybridized carbons (Fsp3) is 0.444. The number of anilines is 1. The second-order valence-corrected chi connectivity index (χ2v) is 3.20. The number of hydrogen-bond acceptors (Lipinski definition) is 4. The number of aromatic carboxylic acids is 1. The molecule has 0 radical (unpaired) electrons. The van der Waals surface area contributed by atoms with E-state index in [-0.39, 0.29) is 24.5 Å². The summed E-state index contributed by atoms with van der Waals surface area (Å²) in [5.74, 6) is -1.31. The van der Waals surface area contributed by atoms with Gasteiger partial charge in [-0.25, -0.2) is 14.8 Å². The average Bonchev–Trinajstić information content (AvgIpc) is 2.23. The largest absolute Gasteiger partial charge is 0.476 e. The van der Waals surface area contributed by atoms with Gasteiger partial charge in [-0.2, -0.15) is 13.2 Å². The van der Waals surface area contributed by atoms with Gasteiger partial charge in [-0.15, -0.1) is 0 Å². The fourth-order valence-electron chi connectivity index (χ4n) is 1.12. The summed E-state index contributed by atoms with van der Waals surface area (Å²) >= 11 is 0. The Kier molecular flexibility index (Phi) is 4.24. The molecule has 1 heterocycles. The molecule has 8 heteroatoms. The van der Waals surface area contributed by atoms with E-state index in [1.165, 1.54) is 12.4 Å². The summed E-state index contributed by atoms with van der Waals surface area (Å²) in [4.78, 5) is 17.9. The highest BCUT2D eigenvalue weighted by Gasteiger charge is 2.26. The van der Waals surface area contributed by atoms with E-state index in [0.29, 0.717) is 0 Å². The van der Waals surface area contributed by atoms with E-state index in [1.807, 2.05) is 0 Å². The summed E-state index contributed by atoms with van der Waals surface area (Å²) in [6.07, 6.45) is -2.83. The topological polar surface area (TPSA) is 75.1 Å². The van der Waals surface area contributed by atoms with E-state index in [1.54, 1.807) is 0 Å². The number of halogens is 3. The van der Waals surface area contributed by atoms with Gasteiger partial charge in [0.25, 0.3) is 0 Å². The number of rotatable bonds is 5. The third-order valence-electron chi connectivity index (χ3n) is 1.83. The van der Waals surface area contributed by atoms with E-state index in [4.69, 9.17) is 5.11 Å². The Hall–Kier alpha value is -1.86. The molecule has 0 unspecified atom stereocenters. The van der Waals surface area contributed by atoms with Gasteiger partial charge in [0.2, 0.25) is 0 Å². The van der Waals surface area contributed by atoms with Crippen LogP contribution in [-0.2, 0) is 0 Å². The quantitative estimate of drug-likeness (QED) is 0.780. The highest BCUT2D eigenvalue weighted by molar-refractivity contribution is 5.90. The Morgan fingerprint density at radius 1 is 1.35 bits per heavy atom. The molecule has 0 amide bonds. The van der Waals surface area contributed by atoms with Crippen LogP contribution in [0, 0.1) is 0 Å². The van der Waals surface area contributed by atoms with Crippen LogP contribution in [0.25, 0.3) is 0 Å². The second kappa shape index (κ2) is 5.46. The van der Waals surface area contributed by atoms with Crippen molar-refractivity contribution >= 4 is 11.8 Å². The molecule has 1 rings (SSSR count).